The molecule has 0 radical (unpaired) electrons. The highest BCUT2D eigenvalue weighted by Crippen LogP contribution is 2.40. The third-order valence-electron chi connectivity index (χ3n) is 3.64. The van der Waals surface area contributed by atoms with Gasteiger partial charge in [-0.3, -0.25) is 4.90 Å². The van der Waals surface area contributed by atoms with Crippen LogP contribution >= 0.6 is 11.6 Å². The van der Waals surface area contributed by atoms with E-state index in [2.05, 4.69) is 14.7 Å². The second-order valence-corrected chi connectivity index (χ2v) is 5.70. The molecule has 1 atom stereocenters. The summed E-state index contributed by atoms with van der Waals surface area (Å²) in [6.07, 6.45) is -1.53. The molecule has 1 aromatic carbocycles. The minimum absolute atomic E-state index is 0.158. The lowest BCUT2D eigenvalue weighted by Crippen LogP contribution is -2.55. The molecule has 0 N–H and O–H groups in total. The normalized spacial score (nSPS) is 22.2. The van der Waals surface area contributed by atoms with Crippen molar-refractivity contribution in [1.82, 2.24) is 4.90 Å². The van der Waals surface area contributed by atoms with Crippen molar-refractivity contribution in [3.05, 3.63) is 59.0 Å². The number of hydrogen-bond acceptors (Lipinski definition) is 5. The fraction of sp³-hybridized carbons (Fsp3) is 0.188. The van der Waals surface area contributed by atoms with Crippen LogP contribution in [0.1, 0.15) is 5.56 Å². The van der Waals surface area contributed by atoms with E-state index in [0.29, 0.717) is 0 Å². The zero-order valence-electron chi connectivity index (χ0n) is 13.1. The van der Waals surface area contributed by atoms with Gasteiger partial charge >= 0.3 is 17.8 Å². The number of carbonyl (C=O) groups is 1. The van der Waals surface area contributed by atoms with E-state index in [4.69, 9.17) is 11.6 Å². The van der Waals surface area contributed by atoms with Gasteiger partial charge in [0.2, 0.25) is 0 Å². The summed E-state index contributed by atoms with van der Waals surface area (Å²) in [5, 5.41) is 0.158. The fourth-order valence-electron chi connectivity index (χ4n) is 2.43. The monoisotopic (exact) mass is 387 g/mol. The third kappa shape index (κ3) is 2.78. The van der Waals surface area contributed by atoms with Gasteiger partial charge in [0.1, 0.15) is 17.5 Å². The first-order valence-corrected chi connectivity index (χ1v) is 7.52. The molecular formula is C16H10ClF4N3O2. The van der Waals surface area contributed by atoms with Crippen LogP contribution in [0, 0.1) is 5.82 Å². The maximum absolute atomic E-state index is 14.2. The molecule has 0 bridgehead atoms. The molecule has 0 saturated carbocycles. The summed E-state index contributed by atoms with van der Waals surface area (Å²) < 4.78 is 59.8. The summed E-state index contributed by atoms with van der Waals surface area (Å²) in [6, 6.07) is 5.08. The predicted octanol–water partition coefficient (Wildman–Crippen LogP) is 3.37. The molecule has 2 aliphatic rings. The summed E-state index contributed by atoms with van der Waals surface area (Å²) in [5.41, 5.74) is -3.80. The van der Waals surface area contributed by atoms with Gasteiger partial charge < -0.3 is 4.74 Å². The molecular weight excluding hydrogens is 378 g/mol. The Labute approximate surface area is 149 Å². The minimum atomic E-state index is -5.21. The number of hydrogen-bond donors (Lipinski definition) is 0. The molecule has 0 saturated heterocycles. The molecule has 0 fully saturated rings. The van der Waals surface area contributed by atoms with Gasteiger partial charge in [0.05, 0.1) is 17.7 Å². The van der Waals surface area contributed by atoms with E-state index in [1.807, 2.05) is 0 Å². The predicted molar refractivity (Wildman–Crippen MR) is 86.1 cm³/mol. The summed E-state index contributed by atoms with van der Waals surface area (Å²) in [5.74, 6) is -3.32. The smallest absolute Gasteiger partial charge is 0.445 e. The lowest BCUT2D eigenvalue weighted by molar-refractivity contribution is -0.202. The van der Waals surface area contributed by atoms with Crippen molar-refractivity contribution < 1.29 is 27.1 Å². The van der Waals surface area contributed by atoms with Crippen LogP contribution in [0.15, 0.2) is 57.6 Å². The Morgan fingerprint density at radius 3 is 2.54 bits per heavy atom. The van der Waals surface area contributed by atoms with Gasteiger partial charge in [-0.2, -0.15) is 13.2 Å². The first-order chi connectivity index (χ1) is 12.2. The number of benzene rings is 1. The molecule has 10 heteroatoms. The van der Waals surface area contributed by atoms with Crippen molar-refractivity contribution in [3.8, 4) is 0 Å². The van der Waals surface area contributed by atoms with Crippen LogP contribution in [0.25, 0.3) is 0 Å². The maximum Gasteiger partial charge on any atom is 0.445 e. The Kier molecular flexibility index (Phi) is 4.35. The largest absolute Gasteiger partial charge is 0.465 e. The maximum atomic E-state index is 14.2. The average molecular weight is 388 g/mol. The fourth-order valence-corrected chi connectivity index (χ4v) is 2.59. The average Bonchev–Trinajstić information content (AvgIpc) is 2.59. The van der Waals surface area contributed by atoms with Crippen molar-refractivity contribution >= 4 is 29.2 Å². The van der Waals surface area contributed by atoms with Crippen molar-refractivity contribution in [1.29, 1.82) is 0 Å². The Morgan fingerprint density at radius 1 is 1.23 bits per heavy atom. The van der Waals surface area contributed by atoms with Crippen LogP contribution in [-0.2, 0) is 9.53 Å². The van der Waals surface area contributed by atoms with Crippen molar-refractivity contribution in [3.63, 3.8) is 0 Å². The first-order valence-electron chi connectivity index (χ1n) is 7.14. The van der Waals surface area contributed by atoms with E-state index in [1.165, 1.54) is 36.6 Å². The quantitative estimate of drug-likeness (QED) is 0.577. The van der Waals surface area contributed by atoms with Crippen LogP contribution in [0.2, 0.25) is 0 Å². The van der Waals surface area contributed by atoms with Gasteiger partial charge in [0, 0.05) is 6.20 Å². The topological polar surface area (TPSA) is 54.3 Å². The number of amidine groups is 2. The number of esters is 1. The van der Waals surface area contributed by atoms with Gasteiger partial charge in [0.25, 0.3) is 0 Å². The number of rotatable bonds is 2. The molecule has 0 amide bonds. The minimum Gasteiger partial charge on any atom is -0.465 e. The lowest BCUT2D eigenvalue weighted by Gasteiger charge is -2.36. The molecule has 3 rings (SSSR count). The summed E-state index contributed by atoms with van der Waals surface area (Å²) in [7, 11) is 0.786. The number of allylic oxidation sites excluding steroid dienone is 2. The van der Waals surface area contributed by atoms with Crippen LogP contribution in [0.3, 0.4) is 0 Å². The molecule has 1 aromatic rings. The number of fused-ring (bicyclic) bond motifs is 1. The van der Waals surface area contributed by atoms with Gasteiger partial charge in [-0.25, -0.2) is 19.2 Å². The zero-order valence-corrected chi connectivity index (χ0v) is 13.8. The molecule has 1 unspecified atom stereocenters. The standard InChI is InChI=1S/C16H10ClF4N3O2/c1-26-14(25)15(16(19,20)21)22-12-7-6-9(17)8-24(12)13(23-15)10-4-2-3-5-11(10)18/h2-8H,1H3. The van der Waals surface area contributed by atoms with E-state index in [1.54, 1.807) is 0 Å². The molecule has 2 heterocycles. The van der Waals surface area contributed by atoms with E-state index < -0.39 is 29.5 Å². The van der Waals surface area contributed by atoms with Crippen molar-refractivity contribution in [2.45, 2.75) is 11.8 Å². The lowest BCUT2D eigenvalue weighted by atomic mass is 10.1. The number of aliphatic imine (C=N–C) groups is 2. The van der Waals surface area contributed by atoms with Gasteiger partial charge in [-0.05, 0) is 24.3 Å². The Bertz CT molecular complexity index is 892. The summed E-state index contributed by atoms with van der Waals surface area (Å²) in [4.78, 5) is 20.0. The van der Waals surface area contributed by atoms with Crippen molar-refractivity contribution in [2.75, 3.05) is 7.11 Å². The molecule has 2 aliphatic heterocycles. The first kappa shape index (κ1) is 18.1. The molecule has 0 aliphatic carbocycles. The van der Waals surface area contributed by atoms with Crippen molar-refractivity contribution in [2.24, 2.45) is 9.98 Å². The zero-order chi connectivity index (χ0) is 19.1. The van der Waals surface area contributed by atoms with Gasteiger partial charge in [-0.15, -0.1) is 0 Å². The highest BCUT2D eigenvalue weighted by molar-refractivity contribution is 6.32. The summed E-state index contributed by atoms with van der Waals surface area (Å²) >= 11 is 5.89. The van der Waals surface area contributed by atoms with Gasteiger partial charge in [0.15, 0.2) is 0 Å². The Morgan fingerprint density at radius 2 is 1.92 bits per heavy atom. The number of carbonyl (C=O) groups excluding carboxylic acids is 1. The second kappa shape index (κ2) is 6.24. The Hall–Kier alpha value is -2.68. The second-order valence-electron chi connectivity index (χ2n) is 5.26. The number of ether oxygens (including phenoxy) is 1. The van der Waals surface area contributed by atoms with E-state index in [9.17, 15) is 22.4 Å². The van der Waals surface area contributed by atoms with Crippen LogP contribution < -0.4 is 0 Å². The molecule has 0 aromatic heterocycles. The molecule has 136 valence electrons. The van der Waals surface area contributed by atoms with E-state index >= 15 is 0 Å². The number of methoxy groups -OCH3 is 1. The summed E-state index contributed by atoms with van der Waals surface area (Å²) in [6.45, 7) is 0. The number of halogens is 5. The number of alkyl halides is 3. The van der Waals surface area contributed by atoms with Crippen LogP contribution in [0.4, 0.5) is 17.6 Å². The van der Waals surface area contributed by atoms with Gasteiger partial charge in [-0.1, -0.05) is 23.7 Å². The Balaban J connectivity index is 2.31. The van der Waals surface area contributed by atoms with Crippen LogP contribution in [-0.4, -0.2) is 41.5 Å². The number of nitrogens with zero attached hydrogens (tertiary/aromatic N) is 3. The molecule has 5 nitrogen and oxygen atoms in total. The third-order valence-corrected chi connectivity index (χ3v) is 3.87. The van der Waals surface area contributed by atoms with Crippen LogP contribution in [0.5, 0.6) is 0 Å². The molecule has 26 heavy (non-hydrogen) atoms. The highest BCUT2D eigenvalue weighted by Gasteiger charge is 2.65. The highest BCUT2D eigenvalue weighted by atomic mass is 35.5. The SMILES string of the molecule is COC(=O)C1(C(F)(F)F)N=C2C=CC(Cl)=CN2C(c2ccccc2F)=N1. The van der Waals surface area contributed by atoms with E-state index in [0.717, 1.165) is 18.1 Å². The molecule has 0 spiro atoms. The van der Waals surface area contributed by atoms with E-state index in [-0.39, 0.29) is 16.4 Å².